The normalized spacial score (nSPS) is 16.5. The molecule has 8 nitrogen and oxygen atoms in total. The van der Waals surface area contributed by atoms with Gasteiger partial charge in [0.05, 0.1) is 23.9 Å². The first-order valence-corrected chi connectivity index (χ1v) is 12.9. The molecule has 38 heavy (non-hydrogen) atoms. The summed E-state index contributed by atoms with van der Waals surface area (Å²) in [5.74, 6) is -2.09. The van der Waals surface area contributed by atoms with E-state index in [0.29, 0.717) is 29.2 Å². The fourth-order valence-corrected chi connectivity index (χ4v) is 5.06. The van der Waals surface area contributed by atoms with Crippen LogP contribution in [-0.4, -0.2) is 41.0 Å². The molecule has 2 heterocycles. The lowest BCUT2D eigenvalue weighted by atomic mass is 9.95. The minimum Gasteiger partial charge on any atom is -0.507 e. The van der Waals surface area contributed by atoms with E-state index in [1.165, 1.54) is 11.0 Å². The smallest absolute Gasteiger partial charge is 0.350 e. The van der Waals surface area contributed by atoms with Gasteiger partial charge in [-0.15, -0.1) is 0 Å². The zero-order valence-corrected chi connectivity index (χ0v) is 22.2. The van der Waals surface area contributed by atoms with Crippen molar-refractivity contribution < 1.29 is 29.0 Å². The van der Waals surface area contributed by atoms with Crippen molar-refractivity contribution >= 4 is 39.9 Å². The van der Waals surface area contributed by atoms with E-state index in [2.05, 4.69) is 11.6 Å². The summed E-state index contributed by atoms with van der Waals surface area (Å²) in [5, 5.41) is 11.5. The number of hydrogen-bond donors (Lipinski definition) is 1. The molecule has 0 radical (unpaired) electrons. The van der Waals surface area contributed by atoms with Gasteiger partial charge in [-0.25, -0.2) is 9.78 Å². The number of aromatic nitrogens is 1. The molecule has 1 saturated heterocycles. The molecule has 0 aliphatic carbocycles. The van der Waals surface area contributed by atoms with Crippen LogP contribution in [0.2, 0.25) is 0 Å². The molecule has 4 rings (SSSR count). The maximum atomic E-state index is 13.4. The van der Waals surface area contributed by atoms with Gasteiger partial charge >= 0.3 is 11.9 Å². The van der Waals surface area contributed by atoms with Crippen molar-refractivity contribution in [3.05, 3.63) is 94.0 Å². The third kappa shape index (κ3) is 5.24. The molecular formula is C29H28N2O6S. The molecule has 1 N–H and O–H groups in total. The Balaban J connectivity index is 1.85. The number of benzene rings is 2. The van der Waals surface area contributed by atoms with Gasteiger partial charge in [-0.3, -0.25) is 14.5 Å². The number of anilines is 1. The van der Waals surface area contributed by atoms with E-state index in [4.69, 9.17) is 9.47 Å². The van der Waals surface area contributed by atoms with Crippen molar-refractivity contribution in [1.29, 1.82) is 0 Å². The van der Waals surface area contributed by atoms with Crippen LogP contribution in [0.5, 0.6) is 5.75 Å². The second-order valence-electron chi connectivity index (χ2n) is 8.75. The van der Waals surface area contributed by atoms with Crippen molar-refractivity contribution in [2.24, 2.45) is 0 Å². The predicted molar refractivity (Wildman–Crippen MR) is 146 cm³/mol. The van der Waals surface area contributed by atoms with Crippen LogP contribution in [0.3, 0.4) is 0 Å². The lowest BCUT2D eigenvalue weighted by Gasteiger charge is -2.23. The maximum absolute atomic E-state index is 13.4. The van der Waals surface area contributed by atoms with Crippen LogP contribution in [0.25, 0.3) is 5.76 Å². The van der Waals surface area contributed by atoms with Crippen molar-refractivity contribution in [1.82, 2.24) is 4.98 Å². The molecule has 1 amide bonds. The first-order chi connectivity index (χ1) is 18.3. The summed E-state index contributed by atoms with van der Waals surface area (Å²) in [7, 11) is 0. The van der Waals surface area contributed by atoms with Gasteiger partial charge in [0.15, 0.2) is 5.13 Å². The summed E-state index contributed by atoms with van der Waals surface area (Å²) in [6.45, 7) is 9.60. The molecule has 0 bridgehead atoms. The Morgan fingerprint density at radius 3 is 2.61 bits per heavy atom. The van der Waals surface area contributed by atoms with E-state index in [0.717, 1.165) is 23.3 Å². The first kappa shape index (κ1) is 26.8. The van der Waals surface area contributed by atoms with E-state index in [1.54, 1.807) is 43.3 Å². The number of nitrogens with zero attached hydrogens (tertiary/aromatic N) is 2. The highest BCUT2D eigenvalue weighted by Gasteiger charge is 2.48. The number of Topliss-reactive ketones (excluding diaryl/α,β-unsaturated/α-hetero) is 1. The molecule has 2 aromatic carbocycles. The maximum Gasteiger partial charge on any atom is 0.350 e. The second kappa shape index (κ2) is 11.4. The largest absolute Gasteiger partial charge is 0.507 e. The molecule has 9 heteroatoms. The Kier molecular flexibility index (Phi) is 8.07. The third-order valence-corrected chi connectivity index (χ3v) is 7.06. The SMILES string of the molecule is C=CCOC(=O)c1sc(N2C(=O)C(=O)/C(=C(/O)c3cccc(OCCC)c3)C2c2ccc(C)cc2)nc1C. The second-order valence-corrected chi connectivity index (χ2v) is 9.73. The zero-order valence-electron chi connectivity index (χ0n) is 21.4. The van der Waals surface area contributed by atoms with Crippen molar-refractivity contribution in [3.8, 4) is 5.75 Å². The van der Waals surface area contributed by atoms with E-state index in [-0.39, 0.29) is 27.9 Å². The highest BCUT2D eigenvalue weighted by atomic mass is 32.1. The van der Waals surface area contributed by atoms with Crippen LogP contribution in [0.4, 0.5) is 5.13 Å². The number of ketones is 1. The fraction of sp³-hybridized carbons (Fsp3) is 0.241. The highest BCUT2D eigenvalue weighted by molar-refractivity contribution is 7.17. The average Bonchev–Trinajstić information content (AvgIpc) is 3.42. The summed E-state index contributed by atoms with van der Waals surface area (Å²) in [4.78, 5) is 45.2. The quantitative estimate of drug-likeness (QED) is 0.127. The number of esters is 1. The fourth-order valence-electron chi connectivity index (χ4n) is 4.08. The Morgan fingerprint density at radius 1 is 1.18 bits per heavy atom. The van der Waals surface area contributed by atoms with Crippen LogP contribution >= 0.6 is 11.3 Å². The molecular weight excluding hydrogens is 504 g/mol. The Morgan fingerprint density at radius 2 is 1.92 bits per heavy atom. The molecule has 3 aromatic rings. The number of hydrogen-bond acceptors (Lipinski definition) is 8. The van der Waals surface area contributed by atoms with E-state index < -0.39 is 23.7 Å². The van der Waals surface area contributed by atoms with Crippen molar-refractivity contribution in [2.75, 3.05) is 18.1 Å². The summed E-state index contributed by atoms with van der Waals surface area (Å²) in [6, 6.07) is 13.1. The number of amides is 1. The van der Waals surface area contributed by atoms with Crippen molar-refractivity contribution in [3.63, 3.8) is 0 Å². The molecule has 0 saturated carbocycles. The van der Waals surface area contributed by atoms with Crippen LogP contribution in [0.15, 0.2) is 66.8 Å². The van der Waals surface area contributed by atoms with Gasteiger partial charge in [0.1, 0.15) is 23.0 Å². The molecule has 1 aliphatic rings. The topological polar surface area (TPSA) is 106 Å². The van der Waals surface area contributed by atoms with Gasteiger partial charge in [0.25, 0.3) is 5.78 Å². The van der Waals surface area contributed by atoms with E-state index in [1.807, 2.05) is 26.0 Å². The van der Waals surface area contributed by atoms with Gasteiger partial charge < -0.3 is 14.6 Å². The zero-order chi connectivity index (χ0) is 27.4. The summed E-state index contributed by atoms with van der Waals surface area (Å²) < 4.78 is 10.8. The number of ether oxygens (including phenoxy) is 2. The van der Waals surface area contributed by atoms with Gasteiger partial charge in [-0.2, -0.15) is 0 Å². The summed E-state index contributed by atoms with van der Waals surface area (Å²) in [5.41, 5.74) is 2.24. The first-order valence-electron chi connectivity index (χ1n) is 12.1. The van der Waals surface area contributed by atoms with Gasteiger partial charge in [-0.05, 0) is 38.0 Å². The van der Waals surface area contributed by atoms with Gasteiger partial charge in [-0.1, -0.05) is 72.9 Å². The van der Waals surface area contributed by atoms with Gasteiger partial charge in [0.2, 0.25) is 0 Å². The molecule has 1 unspecified atom stereocenters. The van der Waals surface area contributed by atoms with Gasteiger partial charge in [0, 0.05) is 5.56 Å². The lowest BCUT2D eigenvalue weighted by Crippen LogP contribution is -2.29. The minimum absolute atomic E-state index is 0.0282. The molecule has 1 aromatic heterocycles. The summed E-state index contributed by atoms with van der Waals surface area (Å²) in [6.07, 6.45) is 2.26. The molecule has 1 aliphatic heterocycles. The molecule has 1 atom stereocenters. The Labute approximate surface area is 224 Å². The predicted octanol–water partition coefficient (Wildman–Crippen LogP) is 5.52. The number of thiazole rings is 1. The van der Waals surface area contributed by atoms with Crippen molar-refractivity contribution in [2.45, 2.75) is 33.2 Å². The number of aryl methyl sites for hydroxylation is 2. The highest BCUT2D eigenvalue weighted by Crippen LogP contribution is 2.44. The van der Waals surface area contributed by atoms with E-state index >= 15 is 0 Å². The average molecular weight is 533 g/mol. The Bertz CT molecular complexity index is 1420. The number of rotatable bonds is 9. The third-order valence-electron chi connectivity index (χ3n) is 5.93. The lowest BCUT2D eigenvalue weighted by molar-refractivity contribution is -0.132. The monoisotopic (exact) mass is 532 g/mol. The molecule has 1 fully saturated rings. The minimum atomic E-state index is -0.960. The number of carbonyl (C=O) groups is 3. The van der Waals surface area contributed by atoms with Crippen LogP contribution in [0, 0.1) is 13.8 Å². The standard InChI is InChI=1S/C29H28N2O6S/c1-5-14-36-21-9-7-8-20(16-21)24(32)22-23(19-12-10-17(3)11-13-19)31(27(34)25(22)33)29-30-18(4)26(38-29)28(35)37-15-6-2/h6-13,16,23,32H,2,5,14-15H2,1,3-4H3/b24-22+. The Hall–Kier alpha value is -4.24. The van der Waals surface area contributed by atoms with E-state index in [9.17, 15) is 19.5 Å². The van der Waals surface area contributed by atoms with Crippen LogP contribution in [-0.2, 0) is 14.3 Å². The summed E-state index contributed by atoms with van der Waals surface area (Å²) >= 11 is 0.952. The number of aliphatic hydroxyl groups is 1. The van der Waals surface area contributed by atoms with Crippen LogP contribution < -0.4 is 9.64 Å². The number of aliphatic hydroxyl groups excluding tert-OH is 1. The molecule has 196 valence electrons. The van der Waals surface area contributed by atoms with Crippen LogP contribution in [0.1, 0.15) is 51.4 Å². The molecule has 0 spiro atoms. The number of carbonyl (C=O) groups excluding carboxylic acids is 3.